The molecule has 1 aromatic heterocycles. The SMILES string of the molecule is CC=O.COC(C)(C)C.C[C@H](C=O)C1CCCC1.Cc1ncsc1-c1ccc(CNC(=O)[C@@H]2C[C@@H](O)CN2C)cc1. The van der Waals surface area contributed by atoms with E-state index in [0.29, 0.717) is 31.3 Å². The van der Waals surface area contributed by atoms with E-state index in [9.17, 15) is 14.7 Å². The number of nitrogens with one attached hydrogen (secondary N) is 1. The third kappa shape index (κ3) is 13.8. The number of methoxy groups -OCH3 is 1. The van der Waals surface area contributed by atoms with E-state index in [4.69, 9.17) is 9.53 Å². The van der Waals surface area contributed by atoms with E-state index >= 15 is 0 Å². The zero-order valence-electron chi connectivity index (χ0n) is 26.2. The molecule has 2 aliphatic rings. The topological polar surface area (TPSA) is 109 Å². The summed E-state index contributed by atoms with van der Waals surface area (Å²) in [5.41, 5.74) is 5.15. The average molecular weight is 590 g/mol. The lowest BCUT2D eigenvalue weighted by Gasteiger charge is -2.18. The second-order valence-electron chi connectivity index (χ2n) is 11.6. The van der Waals surface area contributed by atoms with Gasteiger partial charge < -0.3 is 24.7 Å². The number of aromatic nitrogens is 1. The number of carbonyl (C=O) groups excluding carboxylic acids is 3. The molecule has 3 atom stereocenters. The van der Waals surface area contributed by atoms with Crippen molar-refractivity contribution >= 4 is 29.8 Å². The fourth-order valence-corrected chi connectivity index (χ4v) is 5.34. The number of hydrogen-bond acceptors (Lipinski definition) is 8. The van der Waals surface area contributed by atoms with E-state index < -0.39 is 6.10 Å². The molecule has 8 nitrogen and oxygen atoms in total. The van der Waals surface area contributed by atoms with Crippen molar-refractivity contribution in [2.24, 2.45) is 11.8 Å². The van der Waals surface area contributed by atoms with Crippen LogP contribution in [0.25, 0.3) is 10.4 Å². The molecular formula is C32H51N3O5S. The predicted molar refractivity (Wildman–Crippen MR) is 167 cm³/mol. The van der Waals surface area contributed by atoms with E-state index in [0.717, 1.165) is 29.4 Å². The highest BCUT2D eigenvalue weighted by atomic mass is 32.1. The first-order valence-corrected chi connectivity index (χ1v) is 15.3. The highest BCUT2D eigenvalue weighted by Crippen LogP contribution is 2.30. The normalized spacial score (nSPS) is 19.4. The molecule has 2 aromatic rings. The monoisotopic (exact) mass is 589 g/mol. The summed E-state index contributed by atoms with van der Waals surface area (Å²) in [6.07, 6.45) is 7.17. The zero-order chi connectivity index (χ0) is 31.0. The lowest BCUT2D eigenvalue weighted by atomic mass is 9.94. The van der Waals surface area contributed by atoms with Gasteiger partial charge in [0.2, 0.25) is 5.91 Å². The van der Waals surface area contributed by atoms with Crippen LogP contribution in [-0.2, 0) is 25.7 Å². The number of likely N-dealkylation sites (N-methyl/N-ethyl adjacent to an activating group) is 1. The minimum Gasteiger partial charge on any atom is -0.392 e. The lowest BCUT2D eigenvalue weighted by Crippen LogP contribution is -2.41. The number of aldehydes is 2. The smallest absolute Gasteiger partial charge is 0.237 e. The Hall–Kier alpha value is -2.46. The highest BCUT2D eigenvalue weighted by molar-refractivity contribution is 7.13. The summed E-state index contributed by atoms with van der Waals surface area (Å²) in [5, 5.41) is 12.6. The number of nitrogens with zero attached hydrogens (tertiary/aromatic N) is 2. The van der Waals surface area contributed by atoms with Gasteiger partial charge >= 0.3 is 0 Å². The minimum absolute atomic E-state index is 0.0218. The molecule has 1 aliphatic carbocycles. The zero-order valence-corrected chi connectivity index (χ0v) is 27.0. The third-order valence-electron chi connectivity index (χ3n) is 7.23. The molecule has 0 spiro atoms. The van der Waals surface area contributed by atoms with Gasteiger partial charge in [0, 0.05) is 26.1 Å². The van der Waals surface area contributed by atoms with Crippen molar-refractivity contribution in [2.45, 2.75) is 97.9 Å². The molecule has 0 bridgehead atoms. The van der Waals surface area contributed by atoms with Crippen LogP contribution in [0.4, 0.5) is 0 Å². The molecule has 2 heterocycles. The van der Waals surface area contributed by atoms with Gasteiger partial charge in [-0.3, -0.25) is 9.69 Å². The summed E-state index contributed by atoms with van der Waals surface area (Å²) in [6.45, 7) is 12.6. The van der Waals surface area contributed by atoms with Crippen LogP contribution >= 0.6 is 11.3 Å². The van der Waals surface area contributed by atoms with Gasteiger partial charge in [0.25, 0.3) is 0 Å². The van der Waals surface area contributed by atoms with Crippen LogP contribution < -0.4 is 5.32 Å². The fourth-order valence-electron chi connectivity index (χ4n) is 4.53. The van der Waals surface area contributed by atoms with Crippen LogP contribution in [0.3, 0.4) is 0 Å². The molecule has 0 unspecified atom stereocenters. The van der Waals surface area contributed by atoms with Gasteiger partial charge in [-0.25, -0.2) is 4.98 Å². The summed E-state index contributed by atoms with van der Waals surface area (Å²) in [6, 6.07) is 7.95. The number of benzene rings is 1. The maximum Gasteiger partial charge on any atom is 0.237 e. The second kappa shape index (κ2) is 18.9. The summed E-state index contributed by atoms with van der Waals surface area (Å²) in [5.74, 6) is 1.00. The van der Waals surface area contributed by atoms with Gasteiger partial charge in [0.05, 0.1) is 33.8 Å². The van der Waals surface area contributed by atoms with E-state index in [1.54, 1.807) is 18.4 Å². The van der Waals surface area contributed by atoms with Crippen molar-refractivity contribution in [1.29, 1.82) is 0 Å². The summed E-state index contributed by atoms with van der Waals surface area (Å²) in [7, 11) is 3.58. The van der Waals surface area contributed by atoms with E-state index in [2.05, 4.69) is 22.4 Å². The van der Waals surface area contributed by atoms with E-state index in [1.807, 2.05) is 64.2 Å². The number of aliphatic hydroxyl groups is 1. The van der Waals surface area contributed by atoms with Gasteiger partial charge in [-0.2, -0.15) is 0 Å². The number of thiazole rings is 1. The third-order valence-corrected chi connectivity index (χ3v) is 8.21. The number of aryl methyl sites for hydroxylation is 1. The van der Waals surface area contributed by atoms with Gasteiger partial charge in [-0.1, -0.05) is 44.0 Å². The summed E-state index contributed by atoms with van der Waals surface area (Å²) >= 11 is 1.63. The summed E-state index contributed by atoms with van der Waals surface area (Å²) < 4.78 is 4.94. The Morgan fingerprint density at radius 3 is 2.20 bits per heavy atom. The Labute approximate surface area is 250 Å². The molecule has 1 aliphatic heterocycles. The predicted octanol–water partition coefficient (Wildman–Crippen LogP) is 5.45. The lowest BCUT2D eigenvalue weighted by molar-refractivity contribution is -0.125. The van der Waals surface area contributed by atoms with Crippen LogP contribution in [-0.4, -0.2) is 71.9 Å². The molecule has 1 amide bonds. The maximum atomic E-state index is 12.2. The van der Waals surface area contributed by atoms with E-state index in [1.165, 1.54) is 37.5 Å². The Kier molecular flexibility index (Phi) is 16.8. The molecule has 2 fully saturated rings. The number of hydrogen-bond donors (Lipinski definition) is 2. The van der Waals surface area contributed by atoms with Crippen LogP contribution in [0, 0.1) is 18.8 Å². The largest absolute Gasteiger partial charge is 0.392 e. The Balaban J connectivity index is 0.000000382. The Morgan fingerprint density at radius 2 is 1.78 bits per heavy atom. The molecule has 1 saturated carbocycles. The highest BCUT2D eigenvalue weighted by Gasteiger charge is 2.33. The van der Waals surface area contributed by atoms with Crippen LogP contribution in [0.5, 0.6) is 0 Å². The molecule has 41 heavy (non-hydrogen) atoms. The van der Waals surface area contributed by atoms with Crippen molar-refractivity contribution in [1.82, 2.24) is 15.2 Å². The molecular weight excluding hydrogens is 538 g/mol. The Morgan fingerprint density at radius 1 is 1.22 bits per heavy atom. The number of ether oxygens (including phenoxy) is 1. The summed E-state index contributed by atoms with van der Waals surface area (Å²) in [4.78, 5) is 38.6. The van der Waals surface area contributed by atoms with Crippen molar-refractivity contribution < 1.29 is 24.2 Å². The first kappa shape index (κ1) is 36.6. The van der Waals surface area contributed by atoms with E-state index in [-0.39, 0.29) is 17.6 Å². The van der Waals surface area contributed by atoms with Crippen LogP contribution in [0.2, 0.25) is 0 Å². The number of amides is 1. The van der Waals surface area contributed by atoms with Crippen molar-refractivity contribution in [2.75, 3.05) is 20.7 Å². The van der Waals surface area contributed by atoms with Gasteiger partial charge in [0.15, 0.2) is 0 Å². The number of aliphatic hydroxyl groups excluding tert-OH is 1. The number of rotatable bonds is 6. The molecule has 1 aromatic carbocycles. The van der Waals surface area contributed by atoms with Gasteiger partial charge in [-0.15, -0.1) is 11.3 Å². The quantitative estimate of drug-likeness (QED) is 0.432. The molecule has 230 valence electrons. The first-order valence-electron chi connectivity index (χ1n) is 14.4. The number of β-amino-alcohol motifs (C(OH)–C–C–N with tert-alkyl or cyclic N) is 1. The molecule has 0 radical (unpaired) electrons. The Bertz CT molecular complexity index is 1030. The van der Waals surface area contributed by atoms with Crippen LogP contribution in [0.1, 0.15) is 78.0 Å². The standard InChI is InChI=1S/C17H21N3O2S.C8H14O.C5H12O.C2H4O/c1-11-16(23-10-19-11)13-5-3-12(4-6-13)8-18-17(22)15-7-14(21)9-20(15)2;1-7(6-9)8-4-2-3-5-8;1-5(2,3)6-4;1-2-3/h3-6,10,14-15,21H,7-9H2,1-2H3,(H,18,22);6-8H,2-5H2,1H3;1-4H3;2H,1H3/t14-,15+;7-;;/m11../s1. The maximum absolute atomic E-state index is 12.2. The minimum atomic E-state index is -0.405. The number of likely N-dealkylation sites (tertiary alicyclic amines) is 1. The van der Waals surface area contributed by atoms with Crippen molar-refractivity contribution in [3.63, 3.8) is 0 Å². The van der Waals surface area contributed by atoms with Gasteiger partial charge in [0.1, 0.15) is 12.6 Å². The van der Waals surface area contributed by atoms with Crippen LogP contribution in [0.15, 0.2) is 29.8 Å². The molecule has 9 heteroatoms. The van der Waals surface area contributed by atoms with Crippen molar-refractivity contribution in [3.8, 4) is 10.4 Å². The first-order chi connectivity index (χ1) is 19.4. The van der Waals surface area contributed by atoms with Gasteiger partial charge in [-0.05, 0) is 78.0 Å². The molecule has 4 rings (SSSR count). The molecule has 2 N–H and O–H groups in total. The van der Waals surface area contributed by atoms with Crippen molar-refractivity contribution in [3.05, 3.63) is 41.0 Å². The number of carbonyl (C=O) groups is 3. The fraction of sp³-hybridized carbons (Fsp3) is 0.625. The molecule has 1 saturated heterocycles. The average Bonchev–Trinajstić information content (AvgIpc) is 3.70. The second-order valence-corrected chi connectivity index (χ2v) is 12.5.